The minimum Gasteiger partial charge on any atom is -0.379 e. The molecule has 0 spiro atoms. The van der Waals surface area contributed by atoms with E-state index in [4.69, 9.17) is 4.74 Å². The van der Waals surface area contributed by atoms with Gasteiger partial charge in [-0.3, -0.25) is 0 Å². The van der Waals surface area contributed by atoms with Gasteiger partial charge in [-0.25, -0.2) is 0 Å². The topological polar surface area (TPSA) is 21.3 Å². The molecule has 0 aliphatic rings. The van der Waals surface area contributed by atoms with E-state index in [0.717, 1.165) is 18.9 Å². The molecule has 0 bridgehead atoms. The monoisotopic (exact) mass is 303 g/mol. The van der Waals surface area contributed by atoms with Gasteiger partial charge in [-0.2, -0.15) is 13.2 Å². The fourth-order valence-corrected chi connectivity index (χ4v) is 2.11. The number of ether oxygens (including phenoxy) is 1. The quantitative estimate of drug-likeness (QED) is 0.675. The molecule has 1 rings (SSSR count). The molecule has 120 valence electrons. The van der Waals surface area contributed by atoms with Gasteiger partial charge in [0.25, 0.3) is 0 Å². The number of rotatable bonds is 9. The van der Waals surface area contributed by atoms with Crippen molar-refractivity contribution < 1.29 is 17.9 Å². The van der Waals surface area contributed by atoms with Gasteiger partial charge in [-0.05, 0) is 31.2 Å². The maximum Gasteiger partial charge on any atom is 0.416 e. The Morgan fingerprint density at radius 3 is 2.57 bits per heavy atom. The van der Waals surface area contributed by atoms with Gasteiger partial charge >= 0.3 is 6.18 Å². The molecule has 2 nitrogen and oxygen atoms in total. The van der Waals surface area contributed by atoms with E-state index in [0.29, 0.717) is 18.8 Å². The Labute approximate surface area is 124 Å². The molecule has 0 aromatic heterocycles. The summed E-state index contributed by atoms with van der Waals surface area (Å²) in [6.45, 7) is 3.17. The Kier molecular flexibility index (Phi) is 7.75. The van der Waals surface area contributed by atoms with Gasteiger partial charge in [-0.15, -0.1) is 0 Å². The normalized spacial score (nSPS) is 13.4. The second-order valence-electron chi connectivity index (χ2n) is 5.10. The average Bonchev–Trinajstić information content (AvgIpc) is 2.46. The van der Waals surface area contributed by atoms with Gasteiger partial charge in [0, 0.05) is 6.61 Å². The van der Waals surface area contributed by atoms with E-state index in [1.165, 1.54) is 25.0 Å². The first kappa shape index (κ1) is 18.0. The van der Waals surface area contributed by atoms with Gasteiger partial charge in [0.15, 0.2) is 0 Å². The largest absolute Gasteiger partial charge is 0.416 e. The average molecular weight is 303 g/mol. The summed E-state index contributed by atoms with van der Waals surface area (Å²) in [7, 11) is 1.73. The predicted octanol–water partition coefficient (Wildman–Crippen LogP) is 4.56. The van der Waals surface area contributed by atoms with Crippen LogP contribution in [0.5, 0.6) is 0 Å². The van der Waals surface area contributed by atoms with E-state index in [1.807, 2.05) is 0 Å². The van der Waals surface area contributed by atoms with E-state index in [9.17, 15) is 13.2 Å². The smallest absolute Gasteiger partial charge is 0.379 e. The van der Waals surface area contributed by atoms with Crippen molar-refractivity contribution in [2.45, 2.75) is 44.8 Å². The SMILES string of the molecule is CCCCCCOCC(NC)c1cccc(C(F)(F)F)c1. The minimum absolute atomic E-state index is 0.224. The summed E-state index contributed by atoms with van der Waals surface area (Å²) in [5.74, 6) is 0. The molecule has 0 radical (unpaired) electrons. The molecule has 1 N–H and O–H groups in total. The molecular formula is C16H24F3NO. The molecular weight excluding hydrogens is 279 g/mol. The van der Waals surface area contributed by atoms with Crippen LogP contribution in [0.1, 0.15) is 49.8 Å². The van der Waals surface area contributed by atoms with Crippen molar-refractivity contribution in [1.29, 1.82) is 0 Å². The first-order valence-electron chi connectivity index (χ1n) is 7.41. The zero-order chi connectivity index (χ0) is 15.7. The molecule has 0 fully saturated rings. The Balaban J connectivity index is 2.52. The zero-order valence-electron chi connectivity index (χ0n) is 12.7. The summed E-state index contributed by atoms with van der Waals surface area (Å²) >= 11 is 0. The van der Waals surface area contributed by atoms with Crippen molar-refractivity contribution >= 4 is 0 Å². The van der Waals surface area contributed by atoms with Crippen LogP contribution in [-0.4, -0.2) is 20.3 Å². The number of hydrogen-bond donors (Lipinski definition) is 1. The summed E-state index contributed by atoms with van der Waals surface area (Å²) in [4.78, 5) is 0. The van der Waals surface area contributed by atoms with E-state index in [2.05, 4.69) is 12.2 Å². The van der Waals surface area contributed by atoms with Gasteiger partial charge in [-0.1, -0.05) is 38.3 Å². The molecule has 1 unspecified atom stereocenters. The summed E-state index contributed by atoms with van der Waals surface area (Å²) < 4.78 is 43.7. The molecule has 21 heavy (non-hydrogen) atoms. The van der Waals surface area contributed by atoms with E-state index < -0.39 is 11.7 Å². The maximum absolute atomic E-state index is 12.7. The summed E-state index contributed by atoms with van der Waals surface area (Å²) in [6, 6.07) is 5.17. The standard InChI is InChI=1S/C16H24F3NO/c1-3-4-5-6-10-21-12-15(20-2)13-8-7-9-14(11-13)16(17,18)19/h7-9,11,15,20H,3-6,10,12H2,1-2H3. The Hall–Kier alpha value is -1.07. The second-order valence-corrected chi connectivity index (χ2v) is 5.10. The minimum atomic E-state index is -4.31. The molecule has 0 heterocycles. The lowest BCUT2D eigenvalue weighted by Gasteiger charge is -2.18. The highest BCUT2D eigenvalue weighted by atomic mass is 19.4. The highest BCUT2D eigenvalue weighted by Crippen LogP contribution is 2.30. The van der Waals surface area contributed by atoms with Crippen LogP contribution in [0.4, 0.5) is 13.2 Å². The van der Waals surface area contributed by atoms with Gasteiger partial charge < -0.3 is 10.1 Å². The molecule has 0 saturated carbocycles. The molecule has 0 amide bonds. The van der Waals surface area contributed by atoms with Crippen molar-refractivity contribution in [3.05, 3.63) is 35.4 Å². The van der Waals surface area contributed by atoms with Crippen molar-refractivity contribution in [1.82, 2.24) is 5.32 Å². The van der Waals surface area contributed by atoms with Crippen molar-refractivity contribution in [2.24, 2.45) is 0 Å². The third-order valence-corrected chi connectivity index (χ3v) is 3.39. The highest BCUT2D eigenvalue weighted by Gasteiger charge is 2.30. The number of hydrogen-bond acceptors (Lipinski definition) is 2. The van der Waals surface area contributed by atoms with E-state index in [1.54, 1.807) is 13.1 Å². The van der Waals surface area contributed by atoms with Gasteiger partial charge in [0.05, 0.1) is 18.2 Å². The molecule has 0 aliphatic heterocycles. The number of halogens is 3. The highest BCUT2D eigenvalue weighted by molar-refractivity contribution is 5.28. The molecule has 0 aliphatic carbocycles. The van der Waals surface area contributed by atoms with Crippen LogP contribution >= 0.6 is 0 Å². The Bertz CT molecular complexity index is 407. The second kappa shape index (κ2) is 9.05. The fraction of sp³-hybridized carbons (Fsp3) is 0.625. The zero-order valence-corrected chi connectivity index (χ0v) is 12.7. The van der Waals surface area contributed by atoms with Gasteiger partial charge in [0.2, 0.25) is 0 Å². The lowest BCUT2D eigenvalue weighted by atomic mass is 10.0. The molecule has 1 aromatic rings. The first-order valence-corrected chi connectivity index (χ1v) is 7.41. The number of alkyl halides is 3. The van der Waals surface area contributed by atoms with E-state index in [-0.39, 0.29) is 6.04 Å². The molecule has 0 saturated heterocycles. The van der Waals surface area contributed by atoms with Crippen molar-refractivity contribution in [3.63, 3.8) is 0 Å². The molecule has 5 heteroatoms. The molecule has 1 aromatic carbocycles. The maximum atomic E-state index is 12.7. The summed E-state index contributed by atoms with van der Waals surface area (Å²) in [6.07, 6.45) is 0.169. The lowest BCUT2D eigenvalue weighted by Crippen LogP contribution is -2.22. The van der Waals surface area contributed by atoms with Crippen molar-refractivity contribution in [3.8, 4) is 0 Å². The number of unbranched alkanes of at least 4 members (excludes halogenated alkanes) is 3. The predicted molar refractivity (Wildman–Crippen MR) is 78.2 cm³/mol. The summed E-state index contributed by atoms with van der Waals surface area (Å²) in [5.41, 5.74) is -0.0240. The third-order valence-electron chi connectivity index (χ3n) is 3.39. The van der Waals surface area contributed by atoms with Crippen LogP contribution in [-0.2, 0) is 10.9 Å². The van der Waals surface area contributed by atoms with Crippen LogP contribution in [0, 0.1) is 0 Å². The van der Waals surface area contributed by atoms with Crippen LogP contribution in [0.15, 0.2) is 24.3 Å². The van der Waals surface area contributed by atoms with Gasteiger partial charge in [0.1, 0.15) is 0 Å². The molecule has 1 atom stereocenters. The fourth-order valence-electron chi connectivity index (χ4n) is 2.11. The Morgan fingerprint density at radius 2 is 1.95 bits per heavy atom. The number of benzene rings is 1. The third kappa shape index (κ3) is 6.48. The van der Waals surface area contributed by atoms with Crippen LogP contribution in [0.25, 0.3) is 0 Å². The van der Waals surface area contributed by atoms with Crippen LogP contribution in [0.3, 0.4) is 0 Å². The number of likely N-dealkylation sites (N-methyl/N-ethyl adjacent to an activating group) is 1. The van der Waals surface area contributed by atoms with Crippen LogP contribution < -0.4 is 5.32 Å². The van der Waals surface area contributed by atoms with Crippen LogP contribution in [0.2, 0.25) is 0 Å². The summed E-state index contributed by atoms with van der Waals surface area (Å²) in [5, 5.41) is 3.01. The Morgan fingerprint density at radius 1 is 1.19 bits per heavy atom. The first-order chi connectivity index (χ1) is 9.99. The van der Waals surface area contributed by atoms with Crippen molar-refractivity contribution in [2.75, 3.05) is 20.3 Å². The number of nitrogens with one attached hydrogen (secondary N) is 1. The van der Waals surface area contributed by atoms with E-state index >= 15 is 0 Å². The lowest BCUT2D eigenvalue weighted by molar-refractivity contribution is -0.137.